The molecular weight excluding hydrogens is 408 g/mol. The van der Waals surface area contributed by atoms with Crippen molar-refractivity contribution in [3.8, 4) is 0 Å². The minimum Gasteiger partial charge on any atom is -0.466 e. The van der Waals surface area contributed by atoms with Crippen molar-refractivity contribution in [2.45, 2.75) is 78.0 Å². The molecule has 180 valence electrons. The topological polar surface area (TPSA) is 88.1 Å². The minimum absolute atomic E-state index is 0.172. The Balaban J connectivity index is 2.02. The molecule has 0 saturated carbocycles. The number of carbonyl (C=O) groups is 2. The summed E-state index contributed by atoms with van der Waals surface area (Å²) in [5.74, 6) is -0.237. The second kappa shape index (κ2) is 10.7. The molecule has 1 fully saturated rings. The van der Waals surface area contributed by atoms with Gasteiger partial charge in [0.05, 0.1) is 17.6 Å². The second-order valence-electron chi connectivity index (χ2n) is 9.91. The van der Waals surface area contributed by atoms with Gasteiger partial charge in [0.1, 0.15) is 5.60 Å². The first kappa shape index (κ1) is 26.1. The zero-order chi connectivity index (χ0) is 24.0. The Hall–Kier alpha value is -2.12. The summed E-state index contributed by atoms with van der Waals surface area (Å²) in [4.78, 5) is 27.1. The molecule has 1 aliphatic heterocycles. The molecule has 0 aliphatic carbocycles. The van der Waals surface area contributed by atoms with Crippen molar-refractivity contribution in [3.05, 3.63) is 35.9 Å². The first-order chi connectivity index (χ1) is 14.9. The summed E-state index contributed by atoms with van der Waals surface area (Å²) in [7, 11) is 0. The Morgan fingerprint density at radius 1 is 1.16 bits per heavy atom. The fraction of sp³-hybridized carbons (Fsp3) is 0.680. The summed E-state index contributed by atoms with van der Waals surface area (Å²) >= 11 is 0. The van der Waals surface area contributed by atoms with Crippen LogP contribution in [-0.2, 0) is 19.9 Å². The van der Waals surface area contributed by atoms with E-state index >= 15 is 0 Å². The summed E-state index contributed by atoms with van der Waals surface area (Å²) in [6.07, 6.45) is 1.14. The molecule has 1 aliphatic rings. The maximum atomic E-state index is 13.0. The average molecular weight is 449 g/mol. The van der Waals surface area contributed by atoms with Crippen molar-refractivity contribution in [1.82, 2.24) is 10.2 Å². The molecule has 2 rings (SSSR count). The van der Waals surface area contributed by atoms with E-state index in [1.807, 2.05) is 58.0 Å². The van der Waals surface area contributed by atoms with E-state index in [-0.39, 0.29) is 18.1 Å². The summed E-state index contributed by atoms with van der Waals surface area (Å²) < 4.78 is 10.9. The number of carbonyl (C=O) groups excluding carboxylic acids is 2. The van der Waals surface area contributed by atoms with Crippen molar-refractivity contribution in [1.29, 1.82) is 0 Å². The van der Waals surface area contributed by atoms with Crippen LogP contribution in [0.1, 0.15) is 66.4 Å². The fourth-order valence-electron chi connectivity index (χ4n) is 4.17. The minimum atomic E-state index is -0.967. The van der Waals surface area contributed by atoms with E-state index in [2.05, 4.69) is 5.32 Å². The first-order valence-electron chi connectivity index (χ1n) is 11.6. The molecule has 7 heteroatoms. The molecule has 1 saturated heterocycles. The number of benzene rings is 1. The lowest BCUT2D eigenvalue weighted by molar-refractivity contribution is -0.160. The zero-order valence-corrected chi connectivity index (χ0v) is 20.4. The van der Waals surface area contributed by atoms with Gasteiger partial charge in [0.15, 0.2) is 0 Å². The molecule has 2 N–H and O–H groups in total. The largest absolute Gasteiger partial charge is 0.466 e. The highest BCUT2D eigenvalue weighted by Gasteiger charge is 2.48. The number of rotatable bonds is 8. The van der Waals surface area contributed by atoms with E-state index < -0.39 is 16.6 Å². The number of nitrogens with one attached hydrogen (secondary N) is 1. The standard InChI is InChI=1S/C25H40N2O5/c1-7-31-21(28)25(14-17-27(18-15-25)22(29)32-23(3,4)5)19(2)26-16-13-24(6,30)20-11-9-8-10-12-20/h8-12,19,26,30H,7,13-18H2,1-6H3. The van der Waals surface area contributed by atoms with E-state index in [1.54, 1.807) is 18.7 Å². The average Bonchev–Trinajstić information content (AvgIpc) is 2.73. The molecule has 0 radical (unpaired) electrons. The normalized spacial score (nSPS) is 19.0. The predicted molar refractivity (Wildman–Crippen MR) is 124 cm³/mol. The number of hydrogen-bond acceptors (Lipinski definition) is 6. The van der Waals surface area contributed by atoms with Crippen molar-refractivity contribution in [2.75, 3.05) is 26.2 Å². The number of nitrogens with zero attached hydrogens (tertiary/aromatic N) is 1. The van der Waals surface area contributed by atoms with E-state index in [0.717, 1.165) is 5.56 Å². The van der Waals surface area contributed by atoms with Gasteiger partial charge in [-0.05, 0) is 72.9 Å². The molecule has 7 nitrogen and oxygen atoms in total. The van der Waals surface area contributed by atoms with Gasteiger partial charge in [-0.1, -0.05) is 30.3 Å². The monoisotopic (exact) mass is 448 g/mol. The third-order valence-corrected chi connectivity index (χ3v) is 6.28. The van der Waals surface area contributed by atoms with Crippen LogP contribution in [0.15, 0.2) is 30.3 Å². The molecule has 1 amide bonds. The number of piperidine rings is 1. The maximum Gasteiger partial charge on any atom is 0.410 e. The quantitative estimate of drug-likeness (QED) is 0.588. The van der Waals surface area contributed by atoms with Gasteiger partial charge in [0.25, 0.3) is 0 Å². The summed E-state index contributed by atoms with van der Waals surface area (Å²) in [5, 5.41) is 14.3. The molecule has 1 aromatic rings. The van der Waals surface area contributed by atoms with Crippen LogP contribution in [0.3, 0.4) is 0 Å². The Kier molecular flexibility index (Phi) is 8.71. The van der Waals surface area contributed by atoms with Gasteiger partial charge in [-0.25, -0.2) is 4.79 Å². The van der Waals surface area contributed by atoms with Gasteiger partial charge in [-0.15, -0.1) is 0 Å². The highest BCUT2D eigenvalue weighted by atomic mass is 16.6. The van der Waals surface area contributed by atoms with E-state index in [0.29, 0.717) is 45.5 Å². The number of esters is 1. The highest BCUT2D eigenvalue weighted by Crippen LogP contribution is 2.37. The van der Waals surface area contributed by atoms with Crippen molar-refractivity contribution in [2.24, 2.45) is 5.41 Å². The molecule has 0 aromatic heterocycles. The molecule has 2 unspecified atom stereocenters. The zero-order valence-electron chi connectivity index (χ0n) is 20.4. The molecular formula is C25H40N2O5. The molecule has 0 spiro atoms. The molecule has 2 atom stereocenters. The van der Waals surface area contributed by atoms with E-state index in [1.165, 1.54) is 0 Å². The number of hydrogen-bond donors (Lipinski definition) is 2. The van der Waals surface area contributed by atoms with Gasteiger partial charge in [0, 0.05) is 19.1 Å². The van der Waals surface area contributed by atoms with Gasteiger partial charge in [-0.2, -0.15) is 0 Å². The van der Waals surface area contributed by atoms with Crippen LogP contribution in [0.5, 0.6) is 0 Å². The Morgan fingerprint density at radius 3 is 2.28 bits per heavy atom. The molecule has 1 aromatic carbocycles. The van der Waals surface area contributed by atoms with Crippen LogP contribution in [0, 0.1) is 5.41 Å². The maximum absolute atomic E-state index is 13.0. The summed E-state index contributed by atoms with van der Waals surface area (Å²) in [5.41, 5.74) is -1.39. The van der Waals surface area contributed by atoms with Gasteiger partial charge < -0.3 is 24.8 Å². The van der Waals surface area contributed by atoms with E-state index in [4.69, 9.17) is 9.47 Å². The van der Waals surface area contributed by atoms with Crippen LogP contribution >= 0.6 is 0 Å². The predicted octanol–water partition coefficient (Wildman–Crippen LogP) is 3.84. The van der Waals surface area contributed by atoms with Crippen LogP contribution in [0.25, 0.3) is 0 Å². The third-order valence-electron chi connectivity index (χ3n) is 6.28. The first-order valence-corrected chi connectivity index (χ1v) is 11.6. The van der Waals surface area contributed by atoms with Crippen LogP contribution in [-0.4, -0.2) is 60.0 Å². The number of aliphatic hydroxyl groups is 1. The van der Waals surface area contributed by atoms with Crippen LogP contribution in [0.4, 0.5) is 4.79 Å². The molecule has 1 heterocycles. The Bertz CT molecular complexity index is 749. The van der Waals surface area contributed by atoms with Crippen molar-refractivity contribution < 1.29 is 24.2 Å². The fourth-order valence-corrected chi connectivity index (χ4v) is 4.17. The van der Waals surface area contributed by atoms with Crippen LogP contribution < -0.4 is 5.32 Å². The number of ether oxygens (including phenoxy) is 2. The number of likely N-dealkylation sites (tertiary alicyclic amines) is 1. The summed E-state index contributed by atoms with van der Waals surface area (Å²) in [6.45, 7) is 12.8. The van der Waals surface area contributed by atoms with Crippen molar-refractivity contribution in [3.63, 3.8) is 0 Å². The lowest BCUT2D eigenvalue weighted by Crippen LogP contribution is -2.56. The molecule has 0 bridgehead atoms. The van der Waals surface area contributed by atoms with Crippen LogP contribution in [0.2, 0.25) is 0 Å². The van der Waals surface area contributed by atoms with Crippen molar-refractivity contribution >= 4 is 12.1 Å². The smallest absolute Gasteiger partial charge is 0.410 e. The van der Waals surface area contributed by atoms with E-state index in [9.17, 15) is 14.7 Å². The molecule has 32 heavy (non-hydrogen) atoms. The van der Waals surface area contributed by atoms with Gasteiger partial charge in [0.2, 0.25) is 0 Å². The highest BCUT2D eigenvalue weighted by molar-refractivity contribution is 5.78. The van der Waals surface area contributed by atoms with Gasteiger partial charge in [-0.3, -0.25) is 4.79 Å². The Morgan fingerprint density at radius 2 is 1.75 bits per heavy atom. The number of amides is 1. The van der Waals surface area contributed by atoms with Gasteiger partial charge >= 0.3 is 12.1 Å². The second-order valence-corrected chi connectivity index (χ2v) is 9.91. The lowest BCUT2D eigenvalue weighted by atomic mass is 9.72. The third kappa shape index (κ3) is 6.69. The SMILES string of the molecule is CCOC(=O)C1(C(C)NCCC(C)(O)c2ccccc2)CCN(C(=O)OC(C)(C)C)CC1. The lowest BCUT2D eigenvalue weighted by Gasteiger charge is -2.44. The summed E-state index contributed by atoms with van der Waals surface area (Å²) in [6, 6.07) is 9.40. The Labute approximate surface area is 192 Å².